The summed E-state index contributed by atoms with van der Waals surface area (Å²) in [7, 11) is 0. The SMILES string of the molecule is CCCC(O)(CCC)CCCc1cccc(OCCN)c1. The van der Waals surface area contributed by atoms with Gasteiger partial charge in [-0.3, -0.25) is 0 Å². The van der Waals surface area contributed by atoms with Crippen LogP contribution in [0.2, 0.25) is 0 Å². The molecule has 1 aromatic carbocycles. The van der Waals surface area contributed by atoms with Crippen LogP contribution in [0.1, 0.15) is 57.9 Å². The maximum atomic E-state index is 10.6. The lowest BCUT2D eigenvalue weighted by Crippen LogP contribution is -2.28. The highest BCUT2D eigenvalue weighted by Gasteiger charge is 2.23. The third-order valence-corrected chi connectivity index (χ3v) is 3.82. The van der Waals surface area contributed by atoms with Crippen LogP contribution < -0.4 is 10.5 Å². The van der Waals surface area contributed by atoms with Gasteiger partial charge in [-0.05, 0) is 49.8 Å². The lowest BCUT2D eigenvalue weighted by molar-refractivity contribution is 0.0112. The van der Waals surface area contributed by atoms with Crippen LogP contribution in [-0.2, 0) is 6.42 Å². The number of hydrogen-bond donors (Lipinski definition) is 2. The van der Waals surface area contributed by atoms with Gasteiger partial charge in [-0.25, -0.2) is 0 Å². The van der Waals surface area contributed by atoms with Gasteiger partial charge >= 0.3 is 0 Å². The zero-order valence-corrected chi connectivity index (χ0v) is 13.6. The average molecular weight is 293 g/mol. The molecule has 0 saturated heterocycles. The van der Waals surface area contributed by atoms with Crippen molar-refractivity contribution in [1.82, 2.24) is 0 Å². The van der Waals surface area contributed by atoms with Crippen LogP contribution in [0.4, 0.5) is 0 Å². The molecule has 0 saturated carbocycles. The zero-order chi connectivity index (χ0) is 15.6. The normalized spacial score (nSPS) is 11.6. The summed E-state index contributed by atoms with van der Waals surface area (Å²) in [5.41, 5.74) is 6.24. The summed E-state index contributed by atoms with van der Waals surface area (Å²) in [6.45, 7) is 5.36. The van der Waals surface area contributed by atoms with Crippen LogP contribution in [0.15, 0.2) is 24.3 Å². The minimum absolute atomic E-state index is 0.475. The second kappa shape index (κ2) is 9.80. The van der Waals surface area contributed by atoms with E-state index in [0.717, 1.165) is 50.7 Å². The zero-order valence-electron chi connectivity index (χ0n) is 13.6. The molecule has 3 heteroatoms. The van der Waals surface area contributed by atoms with Gasteiger partial charge in [0.2, 0.25) is 0 Å². The van der Waals surface area contributed by atoms with E-state index in [0.29, 0.717) is 13.2 Å². The highest BCUT2D eigenvalue weighted by molar-refractivity contribution is 5.28. The lowest BCUT2D eigenvalue weighted by Gasteiger charge is -2.27. The maximum absolute atomic E-state index is 10.6. The number of aryl methyl sites for hydroxylation is 1. The quantitative estimate of drug-likeness (QED) is 0.654. The molecule has 0 aliphatic carbocycles. The van der Waals surface area contributed by atoms with Crippen molar-refractivity contribution >= 4 is 0 Å². The van der Waals surface area contributed by atoms with Crippen molar-refractivity contribution in [3.8, 4) is 5.75 Å². The first kappa shape index (κ1) is 18.0. The molecule has 0 aromatic heterocycles. The number of ether oxygens (including phenoxy) is 1. The molecule has 0 aliphatic rings. The van der Waals surface area contributed by atoms with Crippen LogP contribution in [0, 0.1) is 0 Å². The predicted molar refractivity (Wildman–Crippen MR) is 88.7 cm³/mol. The first-order valence-corrected chi connectivity index (χ1v) is 8.27. The van der Waals surface area contributed by atoms with E-state index in [-0.39, 0.29) is 0 Å². The highest BCUT2D eigenvalue weighted by Crippen LogP contribution is 2.26. The van der Waals surface area contributed by atoms with Gasteiger partial charge in [0.25, 0.3) is 0 Å². The molecule has 0 amide bonds. The van der Waals surface area contributed by atoms with E-state index in [1.165, 1.54) is 5.56 Å². The Morgan fingerprint density at radius 3 is 2.48 bits per heavy atom. The minimum Gasteiger partial charge on any atom is -0.492 e. The fourth-order valence-corrected chi connectivity index (χ4v) is 2.89. The standard InChI is InChI=1S/C18H31NO2/c1-3-10-18(20,11-4-2)12-6-8-16-7-5-9-17(15-16)21-14-13-19/h5,7,9,15,20H,3-4,6,8,10-14,19H2,1-2H3. The fourth-order valence-electron chi connectivity index (χ4n) is 2.89. The van der Waals surface area contributed by atoms with Gasteiger partial charge in [0.1, 0.15) is 12.4 Å². The molecule has 1 aromatic rings. The van der Waals surface area contributed by atoms with Crippen molar-refractivity contribution in [3.63, 3.8) is 0 Å². The van der Waals surface area contributed by atoms with E-state index in [4.69, 9.17) is 10.5 Å². The molecule has 1 rings (SSSR count). The van der Waals surface area contributed by atoms with Gasteiger partial charge in [0.05, 0.1) is 5.60 Å². The molecule has 120 valence electrons. The molecule has 0 bridgehead atoms. The largest absolute Gasteiger partial charge is 0.492 e. The molecule has 0 spiro atoms. The van der Waals surface area contributed by atoms with Crippen LogP contribution in [-0.4, -0.2) is 23.9 Å². The van der Waals surface area contributed by atoms with Gasteiger partial charge in [-0.2, -0.15) is 0 Å². The Labute approximate surface area is 129 Å². The van der Waals surface area contributed by atoms with E-state index in [2.05, 4.69) is 26.0 Å². The number of benzene rings is 1. The van der Waals surface area contributed by atoms with Crippen LogP contribution in [0.5, 0.6) is 5.75 Å². The number of nitrogens with two attached hydrogens (primary N) is 1. The molecule has 0 fully saturated rings. The topological polar surface area (TPSA) is 55.5 Å². The minimum atomic E-state index is -0.475. The summed E-state index contributed by atoms with van der Waals surface area (Å²) in [6, 6.07) is 8.18. The van der Waals surface area contributed by atoms with Crippen molar-refractivity contribution in [3.05, 3.63) is 29.8 Å². The maximum Gasteiger partial charge on any atom is 0.119 e. The summed E-state index contributed by atoms with van der Waals surface area (Å²) in [5.74, 6) is 0.885. The van der Waals surface area contributed by atoms with Crippen molar-refractivity contribution in [2.75, 3.05) is 13.2 Å². The number of rotatable bonds is 11. The van der Waals surface area contributed by atoms with Crippen molar-refractivity contribution in [1.29, 1.82) is 0 Å². The van der Waals surface area contributed by atoms with Crippen LogP contribution in [0.25, 0.3) is 0 Å². The Balaban J connectivity index is 2.46. The molecule has 3 nitrogen and oxygen atoms in total. The first-order chi connectivity index (χ1) is 10.1. The summed E-state index contributed by atoms with van der Waals surface area (Å²) >= 11 is 0. The van der Waals surface area contributed by atoms with Gasteiger partial charge < -0.3 is 15.6 Å². The Kier molecular flexibility index (Phi) is 8.40. The summed E-state index contributed by atoms with van der Waals surface area (Å²) in [5, 5.41) is 10.6. The number of hydrogen-bond acceptors (Lipinski definition) is 3. The third-order valence-electron chi connectivity index (χ3n) is 3.82. The molecule has 21 heavy (non-hydrogen) atoms. The Morgan fingerprint density at radius 2 is 1.86 bits per heavy atom. The average Bonchev–Trinajstić information content (AvgIpc) is 2.46. The predicted octanol–water partition coefficient (Wildman–Crippen LogP) is 3.68. The monoisotopic (exact) mass is 293 g/mol. The third kappa shape index (κ3) is 6.96. The highest BCUT2D eigenvalue weighted by atomic mass is 16.5. The van der Waals surface area contributed by atoms with E-state index in [1.807, 2.05) is 12.1 Å². The molecule has 0 heterocycles. The Hall–Kier alpha value is -1.06. The van der Waals surface area contributed by atoms with Crippen molar-refractivity contribution in [2.45, 2.75) is 64.4 Å². The summed E-state index contributed by atoms with van der Waals surface area (Å²) in [6.07, 6.45) is 6.76. The van der Waals surface area contributed by atoms with E-state index < -0.39 is 5.60 Å². The molecular weight excluding hydrogens is 262 g/mol. The van der Waals surface area contributed by atoms with Gasteiger partial charge in [-0.15, -0.1) is 0 Å². The molecule has 3 N–H and O–H groups in total. The second-order valence-corrected chi connectivity index (χ2v) is 5.86. The summed E-state index contributed by atoms with van der Waals surface area (Å²) < 4.78 is 5.55. The van der Waals surface area contributed by atoms with Crippen molar-refractivity contribution in [2.24, 2.45) is 5.73 Å². The van der Waals surface area contributed by atoms with Crippen molar-refractivity contribution < 1.29 is 9.84 Å². The Bertz CT molecular complexity index is 387. The van der Waals surface area contributed by atoms with Gasteiger partial charge in [0, 0.05) is 6.54 Å². The van der Waals surface area contributed by atoms with E-state index in [1.54, 1.807) is 0 Å². The molecule has 0 aliphatic heterocycles. The van der Waals surface area contributed by atoms with Gasteiger partial charge in [-0.1, -0.05) is 38.8 Å². The van der Waals surface area contributed by atoms with E-state index in [9.17, 15) is 5.11 Å². The number of aliphatic hydroxyl groups is 1. The second-order valence-electron chi connectivity index (χ2n) is 5.86. The lowest BCUT2D eigenvalue weighted by atomic mass is 9.87. The smallest absolute Gasteiger partial charge is 0.119 e. The molecule has 0 radical (unpaired) electrons. The Morgan fingerprint density at radius 1 is 1.14 bits per heavy atom. The van der Waals surface area contributed by atoms with E-state index >= 15 is 0 Å². The first-order valence-electron chi connectivity index (χ1n) is 8.27. The van der Waals surface area contributed by atoms with Gasteiger partial charge in [0.15, 0.2) is 0 Å². The molecular formula is C18H31NO2. The van der Waals surface area contributed by atoms with Crippen LogP contribution >= 0.6 is 0 Å². The molecule has 0 unspecified atom stereocenters. The summed E-state index contributed by atoms with van der Waals surface area (Å²) in [4.78, 5) is 0. The molecule has 0 atom stereocenters. The van der Waals surface area contributed by atoms with Crippen LogP contribution in [0.3, 0.4) is 0 Å². The fraction of sp³-hybridized carbons (Fsp3) is 0.667.